The summed E-state index contributed by atoms with van der Waals surface area (Å²) in [6.45, 7) is 4.51. The van der Waals surface area contributed by atoms with Gasteiger partial charge in [-0.2, -0.15) is 0 Å². The second kappa shape index (κ2) is 10.3. The number of nitrogens with zero attached hydrogens (tertiary/aromatic N) is 1. The highest BCUT2D eigenvalue weighted by atomic mass is 16.5. The lowest BCUT2D eigenvalue weighted by Crippen LogP contribution is -2.26. The number of likely N-dealkylation sites (tertiary alicyclic amines) is 1. The van der Waals surface area contributed by atoms with E-state index >= 15 is 0 Å². The topological polar surface area (TPSA) is 41.6 Å². The van der Waals surface area contributed by atoms with E-state index in [9.17, 15) is 4.79 Å². The van der Waals surface area contributed by atoms with Gasteiger partial charge in [0.15, 0.2) is 0 Å². The summed E-state index contributed by atoms with van der Waals surface area (Å²) in [4.78, 5) is 14.6. The van der Waals surface area contributed by atoms with Crippen LogP contribution >= 0.6 is 0 Å². The molecule has 0 radical (unpaired) electrons. The third-order valence-electron chi connectivity index (χ3n) is 4.49. The summed E-state index contributed by atoms with van der Waals surface area (Å²) in [6, 6.07) is 7.23. The molecule has 0 atom stereocenters. The summed E-state index contributed by atoms with van der Waals surface area (Å²) in [5, 5.41) is 2.99. The van der Waals surface area contributed by atoms with Crippen molar-refractivity contribution in [1.29, 1.82) is 0 Å². The summed E-state index contributed by atoms with van der Waals surface area (Å²) >= 11 is 0. The molecule has 4 nitrogen and oxygen atoms in total. The molecule has 0 aromatic heterocycles. The van der Waals surface area contributed by atoms with Crippen LogP contribution in [0.15, 0.2) is 24.3 Å². The van der Waals surface area contributed by atoms with Gasteiger partial charge in [-0.25, -0.2) is 0 Å². The number of benzene rings is 1. The van der Waals surface area contributed by atoms with Crippen LogP contribution in [0.5, 0.6) is 5.75 Å². The molecule has 23 heavy (non-hydrogen) atoms. The first-order valence-corrected chi connectivity index (χ1v) is 8.94. The van der Waals surface area contributed by atoms with Gasteiger partial charge in [0.25, 0.3) is 5.91 Å². The van der Waals surface area contributed by atoms with E-state index in [-0.39, 0.29) is 5.91 Å². The van der Waals surface area contributed by atoms with Gasteiger partial charge >= 0.3 is 0 Å². The Bertz CT molecular complexity index is 451. The highest BCUT2D eigenvalue weighted by Crippen LogP contribution is 2.12. The third-order valence-corrected chi connectivity index (χ3v) is 4.49. The van der Waals surface area contributed by atoms with Crippen molar-refractivity contribution in [2.75, 3.05) is 33.3 Å². The summed E-state index contributed by atoms with van der Waals surface area (Å²) in [6.07, 6.45) is 8.98. The minimum absolute atomic E-state index is 0.000159. The third kappa shape index (κ3) is 6.61. The van der Waals surface area contributed by atoms with Crippen LogP contribution in [0.25, 0.3) is 0 Å². The summed E-state index contributed by atoms with van der Waals surface area (Å²) in [7, 11) is 1.63. The van der Waals surface area contributed by atoms with E-state index in [0.717, 1.165) is 18.7 Å². The normalized spacial score (nSPS) is 15.9. The molecule has 1 aliphatic heterocycles. The number of hydrogen-bond donors (Lipinski definition) is 1. The first kappa shape index (κ1) is 17.8. The second-order valence-electron chi connectivity index (χ2n) is 6.30. The van der Waals surface area contributed by atoms with Crippen LogP contribution in [0.1, 0.15) is 55.3 Å². The van der Waals surface area contributed by atoms with E-state index in [0.29, 0.717) is 5.56 Å². The number of unbranched alkanes of at least 4 members (excludes halogenated alkanes) is 2. The maximum absolute atomic E-state index is 12.0. The largest absolute Gasteiger partial charge is 0.497 e. The van der Waals surface area contributed by atoms with Crippen LogP contribution in [0.3, 0.4) is 0 Å². The number of amides is 1. The monoisotopic (exact) mass is 318 g/mol. The standard InChI is InChI=1S/C19H30N2O2/c1-23-18-11-9-17(10-12-18)19(22)20-13-5-4-8-16-21-14-6-2-3-7-15-21/h9-12H,2-8,13-16H2,1H3,(H,20,22). The lowest BCUT2D eigenvalue weighted by molar-refractivity contribution is 0.0953. The summed E-state index contributed by atoms with van der Waals surface area (Å²) in [5.74, 6) is 0.773. The molecule has 0 saturated carbocycles. The lowest BCUT2D eigenvalue weighted by atomic mass is 10.2. The van der Waals surface area contributed by atoms with Gasteiger partial charge in [0.1, 0.15) is 5.75 Å². The van der Waals surface area contributed by atoms with E-state index < -0.39 is 0 Å². The molecule has 1 heterocycles. The molecule has 1 amide bonds. The fourth-order valence-corrected chi connectivity index (χ4v) is 3.04. The molecular formula is C19H30N2O2. The minimum Gasteiger partial charge on any atom is -0.497 e. The first-order valence-electron chi connectivity index (χ1n) is 8.94. The molecule has 0 aliphatic carbocycles. The van der Waals surface area contributed by atoms with Crippen molar-refractivity contribution in [3.8, 4) is 5.75 Å². The van der Waals surface area contributed by atoms with Crippen molar-refractivity contribution in [3.63, 3.8) is 0 Å². The Morgan fingerprint density at radius 2 is 1.74 bits per heavy atom. The van der Waals surface area contributed by atoms with E-state index in [1.165, 1.54) is 58.2 Å². The van der Waals surface area contributed by atoms with Gasteiger partial charge in [0, 0.05) is 12.1 Å². The Balaban J connectivity index is 1.55. The van der Waals surface area contributed by atoms with Crippen LogP contribution in [0.4, 0.5) is 0 Å². The number of carbonyl (C=O) groups is 1. The van der Waals surface area contributed by atoms with E-state index in [1.54, 1.807) is 19.2 Å². The highest BCUT2D eigenvalue weighted by molar-refractivity contribution is 5.94. The van der Waals surface area contributed by atoms with Gasteiger partial charge in [-0.1, -0.05) is 19.3 Å². The molecule has 0 spiro atoms. The summed E-state index contributed by atoms with van der Waals surface area (Å²) < 4.78 is 5.10. The molecule has 1 aromatic carbocycles. The van der Waals surface area contributed by atoms with Gasteiger partial charge < -0.3 is 15.0 Å². The molecule has 0 bridgehead atoms. The predicted molar refractivity (Wildman–Crippen MR) is 94.1 cm³/mol. The average Bonchev–Trinajstić information content (AvgIpc) is 2.86. The highest BCUT2D eigenvalue weighted by Gasteiger charge is 2.08. The molecule has 4 heteroatoms. The van der Waals surface area contributed by atoms with E-state index in [4.69, 9.17) is 4.74 Å². The number of carbonyl (C=O) groups excluding carboxylic acids is 1. The molecule has 128 valence electrons. The number of rotatable bonds is 8. The maximum Gasteiger partial charge on any atom is 0.251 e. The number of hydrogen-bond acceptors (Lipinski definition) is 3. The Hall–Kier alpha value is -1.55. The molecule has 1 aromatic rings. The van der Waals surface area contributed by atoms with Gasteiger partial charge in [-0.05, 0) is 69.6 Å². The fourth-order valence-electron chi connectivity index (χ4n) is 3.04. The van der Waals surface area contributed by atoms with Crippen molar-refractivity contribution < 1.29 is 9.53 Å². The Morgan fingerprint density at radius 3 is 2.39 bits per heavy atom. The van der Waals surface area contributed by atoms with Crippen LogP contribution in [0, 0.1) is 0 Å². The minimum atomic E-state index is 0.000159. The SMILES string of the molecule is COc1ccc(C(=O)NCCCCCN2CCCCCC2)cc1. The van der Waals surface area contributed by atoms with Gasteiger partial charge in [-0.3, -0.25) is 4.79 Å². The van der Waals surface area contributed by atoms with Crippen LogP contribution < -0.4 is 10.1 Å². The second-order valence-corrected chi connectivity index (χ2v) is 6.30. The summed E-state index contributed by atoms with van der Waals surface area (Å²) in [5.41, 5.74) is 0.690. The smallest absolute Gasteiger partial charge is 0.251 e. The van der Waals surface area contributed by atoms with Crippen molar-refractivity contribution in [2.45, 2.75) is 44.9 Å². The van der Waals surface area contributed by atoms with Gasteiger partial charge in [0.2, 0.25) is 0 Å². The predicted octanol–water partition coefficient (Wildman–Crippen LogP) is 3.47. The zero-order chi connectivity index (χ0) is 16.3. The Morgan fingerprint density at radius 1 is 1.04 bits per heavy atom. The van der Waals surface area contributed by atoms with E-state index in [1.807, 2.05) is 12.1 Å². The van der Waals surface area contributed by atoms with Crippen molar-refractivity contribution in [3.05, 3.63) is 29.8 Å². The van der Waals surface area contributed by atoms with Gasteiger partial charge in [0.05, 0.1) is 7.11 Å². The molecule has 2 rings (SSSR count). The molecular weight excluding hydrogens is 288 g/mol. The van der Waals surface area contributed by atoms with Crippen LogP contribution in [-0.2, 0) is 0 Å². The molecule has 1 aliphatic rings. The van der Waals surface area contributed by atoms with Crippen LogP contribution in [0.2, 0.25) is 0 Å². The molecule has 1 saturated heterocycles. The number of nitrogens with one attached hydrogen (secondary N) is 1. The Kier molecular flexibility index (Phi) is 7.95. The lowest BCUT2D eigenvalue weighted by Gasteiger charge is -2.19. The maximum atomic E-state index is 12.0. The average molecular weight is 318 g/mol. The molecule has 0 unspecified atom stereocenters. The molecule has 1 fully saturated rings. The van der Waals surface area contributed by atoms with E-state index in [2.05, 4.69) is 10.2 Å². The van der Waals surface area contributed by atoms with Crippen molar-refractivity contribution in [2.24, 2.45) is 0 Å². The quantitative estimate of drug-likeness (QED) is 0.746. The Labute approximate surface area is 140 Å². The first-order chi connectivity index (χ1) is 11.3. The fraction of sp³-hybridized carbons (Fsp3) is 0.632. The molecule has 1 N–H and O–H groups in total. The van der Waals surface area contributed by atoms with Gasteiger partial charge in [-0.15, -0.1) is 0 Å². The number of methoxy groups -OCH3 is 1. The number of ether oxygens (including phenoxy) is 1. The van der Waals surface area contributed by atoms with Crippen molar-refractivity contribution in [1.82, 2.24) is 10.2 Å². The van der Waals surface area contributed by atoms with Crippen LogP contribution in [-0.4, -0.2) is 44.1 Å². The van der Waals surface area contributed by atoms with Crippen molar-refractivity contribution >= 4 is 5.91 Å². The zero-order valence-electron chi connectivity index (χ0n) is 14.4. The zero-order valence-corrected chi connectivity index (χ0v) is 14.4.